The SMILES string of the molecule is CCC(Oc1ccc(-c2cc(C#N)c(=O)[nH]c2C)cc1)C(=O)NCC(C)(C)N. The van der Waals surface area contributed by atoms with Crippen LogP contribution in [0.2, 0.25) is 0 Å². The Bertz CT molecular complexity index is 934. The highest BCUT2D eigenvalue weighted by Crippen LogP contribution is 2.25. The molecule has 0 aliphatic rings. The molecule has 1 aromatic carbocycles. The fourth-order valence-electron chi connectivity index (χ4n) is 2.63. The number of hydrogen-bond acceptors (Lipinski definition) is 5. The van der Waals surface area contributed by atoms with E-state index in [0.29, 0.717) is 24.4 Å². The number of nitrogens with two attached hydrogens (primary N) is 1. The van der Waals surface area contributed by atoms with Gasteiger partial charge in [0.1, 0.15) is 17.4 Å². The van der Waals surface area contributed by atoms with Gasteiger partial charge < -0.3 is 20.8 Å². The number of aromatic nitrogens is 1. The summed E-state index contributed by atoms with van der Waals surface area (Å²) in [5, 5.41) is 11.9. The smallest absolute Gasteiger partial charge is 0.266 e. The zero-order chi connectivity index (χ0) is 20.9. The summed E-state index contributed by atoms with van der Waals surface area (Å²) < 4.78 is 5.81. The molecule has 148 valence electrons. The van der Waals surface area contributed by atoms with Crippen molar-refractivity contribution in [3.63, 3.8) is 0 Å². The van der Waals surface area contributed by atoms with Gasteiger partial charge >= 0.3 is 0 Å². The van der Waals surface area contributed by atoms with E-state index in [9.17, 15) is 9.59 Å². The lowest BCUT2D eigenvalue weighted by Gasteiger charge is -2.22. The second-order valence-electron chi connectivity index (χ2n) is 7.41. The molecule has 7 heteroatoms. The van der Waals surface area contributed by atoms with Gasteiger partial charge in [0.25, 0.3) is 11.5 Å². The number of aromatic amines is 1. The minimum absolute atomic E-state index is 0.0615. The van der Waals surface area contributed by atoms with Crippen molar-refractivity contribution < 1.29 is 9.53 Å². The topological polar surface area (TPSA) is 121 Å². The Kier molecular flexibility index (Phi) is 6.60. The van der Waals surface area contributed by atoms with Gasteiger partial charge in [-0.1, -0.05) is 19.1 Å². The maximum atomic E-state index is 12.3. The van der Waals surface area contributed by atoms with Gasteiger partial charge in [-0.25, -0.2) is 0 Å². The Morgan fingerprint density at radius 2 is 2.00 bits per heavy atom. The van der Waals surface area contributed by atoms with Gasteiger partial charge in [0.15, 0.2) is 6.10 Å². The molecule has 0 aliphatic carbocycles. The van der Waals surface area contributed by atoms with Crippen LogP contribution < -0.4 is 21.3 Å². The number of nitrogens with one attached hydrogen (secondary N) is 2. The number of amides is 1. The fraction of sp³-hybridized carbons (Fsp3) is 0.381. The number of benzene rings is 1. The van der Waals surface area contributed by atoms with Crippen molar-refractivity contribution in [2.24, 2.45) is 5.73 Å². The summed E-state index contributed by atoms with van der Waals surface area (Å²) in [6, 6.07) is 10.6. The van der Waals surface area contributed by atoms with Crippen LogP contribution >= 0.6 is 0 Å². The molecule has 1 amide bonds. The van der Waals surface area contributed by atoms with E-state index < -0.39 is 17.2 Å². The van der Waals surface area contributed by atoms with Crippen LogP contribution in [-0.2, 0) is 4.79 Å². The van der Waals surface area contributed by atoms with E-state index in [-0.39, 0.29) is 11.5 Å². The second kappa shape index (κ2) is 8.72. The second-order valence-corrected chi connectivity index (χ2v) is 7.41. The molecule has 7 nitrogen and oxygen atoms in total. The molecule has 1 unspecified atom stereocenters. The number of rotatable bonds is 7. The molecule has 0 fully saturated rings. The molecule has 28 heavy (non-hydrogen) atoms. The van der Waals surface area contributed by atoms with Gasteiger partial charge in [-0.05, 0) is 51.0 Å². The molecule has 0 spiro atoms. The standard InChI is InChI=1S/C21H26N4O3/c1-5-18(20(27)24-12-21(3,4)23)28-16-8-6-14(7-9-16)17-10-15(11-22)19(26)25-13(17)2/h6-10,18H,5,12,23H2,1-4H3,(H,24,27)(H,25,26). The predicted molar refractivity (Wildman–Crippen MR) is 108 cm³/mol. The number of nitrogens with zero attached hydrogens (tertiary/aromatic N) is 1. The average molecular weight is 382 g/mol. The molecule has 0 bridgehead atoms. The summed E-state index contributed by atoms with van der Waals surface area (Å²) in [6.45, 7) is 7.68. The lowest BCUT2D eigenvalue weighted by atomic mass is 10.0. The molecule has 0 saturated heterocycles. The van der Waals surface area contributed by atoms with Gasteiger partial charge in [-0.2, -0.15) is 5.26 Å². The van der Waals surface area contributed by atoms with E-state index in [2.05, 4.69) is 10.3 Å². The maximum absolute atomic E-state index is 12.3. The van der Waals surface area contributed by atoms with Crippen molar-refractivity contribution in [3.8, 4) is 22.9 Å². The van der Waals surface area contributed by atoms with Gasteiger partial charge in [0, 0.05) is 23.3 Å². The summed E-state index contributed by atoms with van der Waals surface area (Å²) in [7, 11) is 0. The molecule has 0 radical (unpaired) electrons. The van der Waals surface area contributed by atoms with Crippen molar-refractivity contribution in [3.05, 3.63) is 51.9 Å². The van der Waals surface area contributed by atoms with Crippen LogP contribution in [0.15, 0.2) is 35.1 Å². The normalized spacial score (nSPS) is 12.1. The van der Waals surface area contributed by atoms with Crippen LogP contribution in [0.3, 0.4) is 0 Å². The van der Waals surface area contributed by atoms with Crippen molar-refractivity contribution in [1.82, 2.24) is 10.3 Å². The van der Waals surface area contributed by atoms with Crippen LogP contribution in [0, 0.1) is 18.3 Å². The Balaban J connectivity index is 2.15. The zero-order valence-corrected chi connectivity index (χ0v) is 16.6. The molecule has 1 aromatic heterocycles. The number of H-pyrrole nitrogens is 1. The summed E-state index contributed by atoms with van der Waals surface area (Å²) in [4.78, 5) is 26.7. The number of carbonyl (C=O) groups is 1. The summed E-state index contributed by atoms with van der Waals surface area (Å²) in [6.07, 6.45) is -0.100. The van der Waals surface area contributed by atoms with Crippen LogP contribution in [0.5, 0.6) is 5.75 Å². The predicted octanol–water partition coefficient (Wildman–Crippen LogP) is 2.23. The quantitative estimate of drug-likeness (QED) is 0.678. The van der Waals surface area contributed by atoms with E-state index >= 15 is 0 Å². The fourth-order valence-corrected chi connectivity index (χ4v) is 2.63. The van der Waals surface area contributed by atoms with Crippen LogP contribution in [0.4, 0.5) is 0 Å². The van der Waals surface area contributed by atoms with Crippen molar-refractivity contribution in [2.45, 2.75) is 45.8 Å². The molecule has 1 atom stereocenters. The molecule has 0 saturated carbocycles. The van der Waals surface area contributed by atoms with E-state index in [4.69, 9.17) is 15.7 Å². The van der Waals surface area contributed by atoms with Crippen LogP contribution in [0.1, 0.15) is 38.4 Å². The van der Waals surface area contributed by atoms with Crippen molar-refractivity contribution in [2.75, 3.05) is 6.54 Å². The molecule has 1 heterocycles. The number of nitriles is 1. The highest BCUT2D eigenvalue weighted by atomic mass is 16.5. The first kappa shape index (κ1) is 21.2. The third kappa shape index (κ3) is 5.44. The number of aryl methyl sites for hydroxylation is 1. The lowest BCUT2D eigenvalue weighted by Crippen LogP contribution is -2.48. The highest BCUT2D eigenvalue weighted by Gasteiger charge is 2.20. The van der Waals surface area contributed by atoms with Crippen molar-refractivity contribution >= 4 is 5.91 Å². The Morgan fingerprint density at radius 1 is 1.36 bits per heavy atom. The molecule has 4 N–H and O–H groups in total. The molecule has 0 aliphatic heterocycles. The molecule has 2 aromatic rings. The van der Waals surface area contributed by atoms with Gasteiger partial charge in [-0.3, -0.25) is 9.59 Å². The molecular formula is C21H26N4O3. The summed E-state index contributed by atoms with van der Waals surface area (Å²) >= 11 is 0. The minimum atomic E-state index is -0.617. The first-order valence-electron chi connectivity index (χ1n) is 9.12. The summed E-state index contributed by atoms with van der Waals surface area (Å²) in [5.74, 6) is 0.348. The first-order valence-corrected chi connectivity index (χ1v) is 9.12. The Hall–Kier alpha value is -3.11. The molecule has 2 rings (SSSR count). The average Bonchev–Trinajstić information content (AvgIpc) is 2.64. The van der Waals surface area contributed by atoms with Crippen LogP contribution in [0.25, 0.3) is 11.1 Å². The number of ether oxygens (including phenoxy) is 1. The summed E-state index contributed by atoms with van der Waals surface area (Å²) in [5.41, 5.74) is 7.33. The molecular weight excluding hydrogens is 356 g/mol. The van der Waals surface area contributed by atoms with E-state index in [0.717, 1.165) is 11.1 Å². The monoisotopic (exact) mass is 382 g/mol. The first-order chi connectivity index (χ1) is 13.1. The number of hydrogen-bond donors (Lipinski definition) is 3. The van der Waals surface area contributed by atoms with Gasteiger partial charge in [0.2, 0.25) is 0 Å². The Morgan fingerprint density at radius 3 is 2.54 bits per heavy atom. The maximum Gasteiger partial charge on any atom is 0.266 e. The Labute approximate surface area is 164 Å². The highest BCUT2D eigenvalue weighted by molar-refractivity contribution is 5.81. The van der Waals surface area contributed by atoms with E-state index in [1.54, 1.807) is 25.1 Å². The number of carbonyl (C=O) groups excluding carboxylic acids is 1. The minimum Gasteiger partial charge on any atom is -0.481 e. The third-order valence-corrected chi connectivity index (χ3v) is 4.18. The van der Waals surface area contributed by atoms with E-state index in [1.807, 2.05) is 39.0 Å². The zero-order valence-electron chi connectivity index (χ0n) is 16.6. The van der Waals surface area contributed by atoms with Gasteiger partial charge in [-0.15, -0.1) is 0 Å². The number of pyridine rings is 1. The van der Waals surface area contributed by atoms with Crippen molar-refractivity contribution in [1.29, 1.82) is 5.26 Å². The lowest BCUT2D eigenvalue weighted by molar-refractivity contribution is -0.128. The van der Waals surface area contributed by atoms with Crippen LogP contribution in [-0.4, -0.2) is 29.1 Å². The largest absolute Gasteiger partial charge is 0.481 e. The van der Waals surface area contributed by atoms with E-state index in [1.165, 1.54) is 0 Å². The van der Waals surface area contributed by atoms with Gasteiger partial charge in [0.05, 0.1) is 0 Å². The third-order valence-electron chi connectivity index (χ3n) is 4.18.